The van der Waals surface area contributed by atoms with Gasteiger partial charge in [0.2, 0.25) is 0 Å². The molecule has 0 saturated heterocycles. The van der Waals surface area contributed by atoms with E-state index in [0.717, 1.165) is 40.8 Å². The summed E-state index contributed by atoms with van der Waals surface area (Å²) in [4.78, 5) is 19.2. The summed E-state index contributed by atoms with van der Waals surface area (Å²) in [5.74, 6) is 0. The first kappa shape index (κ1) is 19.6. The first-order chi connectivity index (χ1) is 11.7. The van der Waals surface area contributed by atoms with E-state index in [1.807, 2.05) is 36.4 Å². The molecule has 0 bridgehead atoms. The number of nitrogens with zero attached hydrogens (tertiary/aromatic N) is 2. The minimum atomic E-state index is -0.0673. The van der Waals surface area contributed by atoms with Crippen molar-refractivity contribution in [3.05, 3.63) is 48.5 Å². The third-order valence-corrected chi connectivity index (χ3v) is 5.36. The molecule has 0 fully saturated rings. The Morgan fingerprint density at radius 1 is 1.00 bits per heavy atom. The zero-order valence-corrected chi connectivity index (χ0v) is 16.2. The zero-order chi connectivity index (χ0) is 16.9. The second-order valence-electron chi connectivity index (χ2n) is 5.63. The number of carbonyl (C=O) groups is 1. The van der Waals surface area contributed by atoms with Crippen LogP contribution in [-0.4, -0.2) is 37.1 Å². The summed E-state index contributed by atoms with van der Waals surface area (Å²) in [5, 5.41) is 3.07. The summed E-state index contributed by atoms with van der Waals surface area (Å²) in [6.45, 7) is 7.79. The summed E-state index contributed by atoms with van der Waals surface area (Å²) in [6.07, 6.45) is 0. The number of likely N-dealkylation sites (N-methyl/N-ethyl adjacent to an activating group) is 1. The monoisotopic (exact) mass is 377 g/mol. The fraction of sp³-hybridized carbons (Fsp3) is 0.316. The molecule has 0 aliphatic carbocycles. The number of urea groups is 1. The number of para-hydroxylation sites is 2. The van der Waals surface area contributed by atoms with E-state index in [0.29, 0.717) is 6.54 Å². The van der Waals surface area contributed by atoms with E-state index in [2.05, 4.69) is 36.2 Å². The number of halogens is 1. The molecule has 0 unspecified atom stereocenters. The number of amides is 2. The number of anilines is 2. The van der Waals surface area contributed by atoms with Crippen molar-refractivity contribution in [1.29, 1.82) is 0 Å². The second kappa shape index (κ2) is 9.13. The van der Waals surface area contributed by atoms with Gasteiger partial charge in [0.15, 0.2) is 0 Å². The van der Waals surface area contributed by atoms with E-state index in [9.17, 15) is 4.79 Å². The van der Waals surface area contributed by atoms with Crippen LogP contribution in [0.2, 0.25) is 0 Å². The Bertz CT molecular complexity index is 676. The molecule has 4 nitrogen and oxygen atoms in total. The van der Waals surface area contributed by atoms with Crippen LogP contribution in [-0.2, 0) is 0 Å². The number of benzene rings is 2. The lowest BCUT2D eigenvalue weighted by Gasteiger charge is -2.31. The summed E-state index contributed by atoms with van der Waals surface area (Å²) < 4.78 is 0. The molecule has 3 rings (SSSR count). The van der Waals surface area contributed by atoms with Crippen LogP contribution in [0.15, 0.2) is 58.3 Å². The molecule has 0 spiro atoms. The van der Waals surface area contributed by atoms with Gasteiger partial charge in [0, 0.05) is 22.9 Å². The molecule has 1 aliphatic heterocycles. The van der Waals surface area contributed by atoms with Gasteiger partial charge in [-0.25, -0.2) is 4.79 Å². The highest BCUT2D eigenvalue weighted by Gasteiger charge is 2.27. The minimum Gasteiger partial charge on any atom is -0.336 e. The Kier molecular flexibility index (Phi) is 7.17. The maximum Gasteiger partial charge on any atom is 0.326 e. The molecule has 0 saturated carbocycles. The maximum atomic E-state index is 12.9. The van der Waals surface area contributed by atoms with Crippen molar-refractivity contribution in [2.75, 3.05) is 31.1 Å². The van der Waals surface area contributed by atoms with Crippen molar-refractivity contribution in [2.24, 2.45) is 0 Å². The molecule has 1 aliphatic rings. The van der Waals surface area contributed by atoms with Crippen molar-refractivity contribution >= 4 is 41.6 Å². The molecule has 1 heterocycles. The van der Waals surface area contributed by atoms with E-state index in [-0.39, 0.29) is 18.4 Å². The van der Waals surface area contributed by atoms with Crippen LogP contribution in [0.25, 0.3) is 0 Å². The average Bonchev–Trinajstić information content (AvgIpc) is 2.63. The van der Waals surface area contributed by atoms with Crippen LogP contribution in [0, 0.1) is 0 Å². The van der Waals surface area contributed by atoms with Crippen molar-refractivity contribution in [1.82, 2.24) is 10.2 Å². The van der Waals surface area contributed by atoms with Gasteiger partial charge >= 0.3 is 6.03 Å². The number of fused-ring (bicyclic) bond motifs is 2. The van der Waals surface area contributed by atoms with Gasteiger partial charge in [-0.3, -0.25) is 4.90 Å². The van der Waals surface area contributed by atoms with Crippen molar-refractivity contribution in [3.8, 4) is 0 Å². The first-order valence-corrected chi connectivity index (χ1v) is 9.22. The number of hydrogen-bond acceptors (Lipinski definition) is 3. The maximum absolute atomic E-state index is 12.9. The molecule has 2 aromatic rings. The quantitative estimate of drug-likeness (QED) is 0.815. The summed E-state index contributed by atoms with van der Waals surface area (Å²) >= 11 is 1.71. The lowest BCUT2D eigenvalue weighted by Crippen LogP contribution is -2.42. The molecular weight excluding hydrogens is 354 g/mol. The Labute approximate surface area is 160 Å². The van der Waals surface area contributed by atoms with Gasteiger partial charge in [-0.15, -0.1) is 12.4 Å². The normalized spacial score (nSPS) is 12.2. The fourth-order valence-electron chi connectivity index (χ4n) is 2.86. The van der Waals surface area contributed by atoms with Gasteiger partial charge in [0.1, 0.15) is 0 Å². The van der Waals surface area contributed by atoms with Crippen LogP contribution < -0.4 is 10.2 Å². The van der Waals surface area contributed by atoms with Gasteiger partial charge in [-0.05, 0) is 37.4 Å². The Morgan fingerprint density at radius 3 is 2.04 bits per heavy atom. The highest BCUT2D eigenvalue weighted by Crippen LogP contribution is 2.47. The number of hydrogen-bond donors (Lipinski definition) is 1. The minimum absolute atomic E-state index is 0. The van der Waals surface area contributed by atoms with Crippen LogP contribution >= 0.6 is 24.2 Å². The lowest BCUT2D eigenvalue weighted by molar-refractivity contribution is 0.244. The van der Waals surface area contributed by atoms with E-state index in [4.69, 9.17) is 0 Å². The largest absolute Gasteiger partial charge is 0.336 e. The number of rotatable bonds is 5. The van der Waals surface area contributed by atoms with Crippen molar-refractivity contribution in [2.45, 2.75) is 23.6 Å². The second-order valence-corrected chi connectivity index (χ2v) is 6.72. The predicted octanol–water partition coefficient (Wildman–Crippen LogP) is 4.76. The Hall–Kier alpha value is -1.69. The van der Waals surface area contributed by atoms with Crippen LogP contribution in [0.4, 0.5) is 16.2 Å². The van der Waals surface area contributed by atoms with Crippen LogP contribution in [0.3, 0.4) is 0 Å². The number of carbonyl (C=O) groups excluding carboxylic acids is 1. The standard InChI is InChI=1S/C19H23N3OS.ClH/c1-3-21(4-2)14-13-20-19(23)22-15-9-5-7-11-17(15)24-18-12-8-6-10-16(18)22;/h5-12H,3-4,13-14H2,1-2H3,(H,20,23);1H. The van der Waals surface area contributed by atoms with Gasteiger partial charge < -0.3 is 10.2 Å². The topological polar surface area (TPSA) is 35.6 Å². The van der Waals surface area contributed by atoms with E-state index >= 15 is 0 Å². The van der Waals surface area contributed by atoms with E-state index in [1.54, 1.807) is 16.7 Å². The fourth-order valence-corrected chi connectivity index (χ4v) is 3.92. The van der Waals surface area contributed by atoms with Gasteiger partial charge in [-0.2, -0.15) is 0 Å². The molecule has 6 heteroatoms. The molecular formula is C19H24ClN3OS. The Morgan fingerprint density at radius 2 is 1.52 bits per heavy atom. The number of nitrogens with one attached hydrogen (secondary N) is 1. The average molecular weight is 378 g/mol. The van der Waals surface area contributed by atoms with Gasteiger partial charge in [-0.1, -0.05) is 49.9 Å². The molecule has 2 amide bonds. The smallest absolute Gasteiger partial charge is 0.326 e. The van der Waals surface area contributed by atoms with Crippen molar-refractivity contribution in [3.63, 3.8) is 0 Å². The molecule has 0 aromatic heterocycles. The third-order valence-electron chi connectivity index (χ3n) is 4.23. The molecule has 2 aromatic carbocycles. The molecule has 25 heavy (non-hydrogen) atoms. The predicted molar refractivity (Wildman–Crippen MR) is 108 cm³/mol. The van der Waals surface area contributed by atoms with Crippen LogP contribution in [0.5, 0.6) is 0 Å². The SMILES string of the molecule is CCN(CC)CCNC(=O)N1c2ccccc2Sc2ccccc21.Cl. The van der Waals surface area contributed by atoms with Gasteiger partial charge in [0.25, 0.3) is 0 Å². The van der Waals surface area contributed by atoms with E-state index < -0.39 is 0 Å². The highest BCUT2D eigenvalue weighted by molar-refractivity contribution is 7.99. The lowest BCUT2D eigenvalue weighted by atomic mass is 10.2. The van der Waals surface area contributed by atoms with Crippen LogP contribution in [0.1, 0.15) is 13.8 Å². The van der Waals surface area contributed by atoms with Crippen molar-refractivity contribution < 1.29 is 4.79 Å². The Balaban J connectivity index is 0.00000225. The molecule has 0 atom stereocenters. The van der Waals surface area contributed by atoms with Gasteiger partial charge in [0.05, 0.1) is 11.4 Å². The van der Waals surface area contributed by atoms with E-state index in [1.165, 1.54) is 0 Å². The highest BCUT2D eigenvalue weighted by atomic mass is 35.5. The molecule has 134 valence electrons. The molecule has 1 N–H and O–H groups in total. The third kappa shape index (κ3) is 4.29. The summed E-state index contributed by atoms with van der Waals surface area (Å²) in [6, 6.07) is 16.0. The zero-order valence-electron chi connectivity index (χ0n) is 14.6. The summed E-state index contributed by atoms with van der Waals surface area (Å²) in [7, 11) is 0. The first-order valence-electron chi connectivity index (χ1n) is 8.40. The summed E-state index contributed by atoms with van der Waals surface area (Å²) in [5.41, 5.74) is 1.89. The molecule has 0 radical (unpaired) electrons.